The molecule has 1 aliphatic rings. The molecule has 1 aliphatic heterocycles. The average Bonchev–Trinajstić information content (AvgIpc) is 2.85. The summed E-state index contributed by atoms with van der Waals surface area (Å²) in [4.78, 5) is 8.40. The minimum Gasteiger partial charge on any atom is -0.362 e. The molecule has 160 valence electrons. The molecule has 0 saturated heterocycles. The van der Waals surface area contributed by atoms with Crippen LogP contribution in [0.5, 0.6) is 0 Å². The molecular weight excluding hydrogens is 414 g/mol. The highest BCUT2D eigenvalue weighted by Gasteiger charge is 2.56. The van der Waals surface area contributed by atoms with E-state index in [2.05, 4.69) is 27.2 Å². The van der Waals surface area contributed by atoms with Crippen LogP contribution in [0.15, 0.2) is 90.4 Å². The number of allylic oxidation sites excluding steroid dienone is 2. The quantitative estimate of drug-likeness (QED) is 0.328. The van der Waals surface area contributed by atoms with Crippen molar-refractivity contribution in [3.05, 3.63) is 107 Å². The second-order valence-corrected chi connectivity index (χ2v) is 7.68. The summed E-state index contributed by atoms with van der Waals surface area (Å²) in [5.74, 6) is 1.40. The number of rotatable bonds is 4. The van der Waals surface area contributed by atoms with Crippen LogP contribution in [-0.4, -0.2) is 20.9 Å². The van der Waals surface area contributed by atoms with Gasteiger partial charge in [0.2, 0.25) is 11.8 Å². The van der Waals surface area contributed by atoms with Crippen LogP contribution in [-0.2, 0) is 5.72 Å². The molecular formula is C25H20N7O+. The fourth-order valence-corrected chi connectivity index (χ4v) is 4.27. The Hall–Kier alpha value is -4.62. The van der Waals surface area contributed by atoms with Crippen LogP contribution in [0.2, 0.25) is 0 Å². The molecule has 0 amide bonds. The fraction of sp³-hybridized carbons (Fsp3) is 0.160. The van der Waals surface area contributed by atoms with E-state index in [1.807, 2.05) is 48.2 Å². The maximum atomic E-state index is 12.3. The average molecular weight is 434 g/mol. The minimum atomic E-state index is -1.79. The Labute approximate surface area is 190 Å². The Balaban J connectivity index is 2.11. The molecule has 0 saturated carbocycles. The zero-order chi connectivity index (χ0) is 23.4. The highest BCUT2D eigenvalue weighted by Crippen LogP contribution is 2.47. The van der Waals surface area contributed by atoms with Gasteiger partial charge in [-0.25, -0.2) is 0 Å². The van der Waals surface area contributed by atoms with Crippen molar-refractivity contribution in [1.29, 1.82) is 15.9 Å². The first-order chi connectivity index (χ1) is 16.0. The van der Waals surface area contributed by atoms with E-state index < -0.39 is 17.7 Å². The van der Waals surface area contributed by atoms with Gasteiger partial charge in [0.1, 0.15) is 11.6 Å². The van der Waals surface area contributed by atoms with Crippen molar-refractivity contribution in [1.82, 2.24) is 15.3 Å². The summed E-state index contributed by atoms with van der Waals surface area (Å²) in [6.45, 7) is 1.94. The molecule has 33 heavy (non-hydrogen) atoms. The highest BCUT2D eigenvalue weighted by atomic mass is 16.3. The molecule has 0 unspecified atom stereocenters. The van der Waals surface area contributed by atoms with Gasteiger partial charge < -0.3 is 10.4 Å². The molecule has 0 radical (unpaired) electrons. The van der Waals surface area contributed by atoms with Crippen molar-refractivity contribution in [3.63, 3.8) is 0 Å². The molecule has 0 aromatic carbocycles. The van der Waals surface area contributed by atoms with Gasteiger partial charge >= 0.3 is 0 Å². The van der Waals surface area contributed by atoms with Gasteiger partial charge in [0.25, 0.3) is 0 Å². The molecule has 3 aromatic heterocycles. The third kappa shape index (κ3) is 3.77. The first kappa shape index (κ1) is 21.6. The van der Waals surface area contributed by atoms with Gasteiger partial charge in [-0.05, 0) is 36.6 Å². The molecule has 0 fully saturated rings. The zero-order valence-electron chi connectivity index (χ0n) is 17.8. The molecule has 4 heterocycles. The van der Waals surface area contributed by atoms with E-state index in [4.69, 9.17) is 5.41 Å². The van der Waals surface area contributed by atoms with Crippen molar-refractivity contribution in [3.8, 4) is 12.1 Å². The van der Waals surface area contributed by atoms with Gasteiger partial charge in [0.15, 0.2) is 12.4 Å². The van der Waals surface area contributed by atoms with Crippen LogP contribution in [0.4, 0.5) is 0 Å². The number of hydrogen-bond acceptors (Lipinski definition) is 7. The van der Waals surface area contributed by atoms with Crippen molar-refractivity contribution in [2.45, 2.75) is 24.6 Å². The molecule has 3 N–H and O–H groups in total. The second kappa shape index (κ2) is 8.86. The number of aliphatic hydroxyl groups is 1. The summed E-state index contributed by atoms with van der Waals surface area (Å²) in [6, 6.07) is 14.2. The SMILES string of the molecule is Cc1ccc[n+]([C@@H]2[C@@H](c3cccnc3)C(C#N)=C(C(=C=N)C#N)N[C@@]2(O)c2cccnc2)c1. The topological polar surface area (TPSA) is 133 Å². The van der Waals surface area contributed by atoms with Crippen molar-refractivity contribution in [2.24, 2.45) is 0 Å². The van der Waals surface area contributed by atoms with Gasteiger partial charge in [0, 0.05) is 42.0 Å². The summed E-state index contributed by atoms with van der Waals surface area (Å²) >= 11 is 0. The molecule has 0 bridgehead atoms. The van der Waals surface area contributed by atoms with Crippen molar-refractivity contribution in [2.75, 3.05) is 0 Å². The van der Waals surface area contributed by atoms with E-state index in [-0.39, 0.29) is 16.8 Å². The molecule has 8 nitrogen and oxygen atoms in total. The van der Waals surface area contributed by atoms with Crippen LogP contribution in [0.3, 0.4) is 0 Å². The lowest BCUT2D eigenvalue weighted by atomic mass is 9.74. The predicted molar refractivity (Wildman–Crippen MR) is 118 cm³/mol. The molecule has 4 rings (SSSR count). The van der Waals surface area contributed by atoms with Crippen LogP contribution in [0.25, 0.3) is 0 Å². The summed E-state index contributed by atoms with van der Waals surface area (Å²) in [5.41, 5.74) is 0.358. The van der Waals surface area contributed by atoms with Crippen LogP contribution in [0, 0.1) is 35.0 Å². The number of pyridine rings is 3. The zero-order valence-corrected chi connectivity index (χ0v) is 17.8. The number of nitrogens with zero attached hydrogens (tertiary/aromatic N) is 5. The largest absolute Gasteiger partial charge is 0.362 e. The van der Waals surface area contributed by atoms with E-state index in [1.54, 1.807) is 36.8 Å². The number of aromatic nitrogens is 3. The molecule has 8 heteroatoms. The first-order valence-corrected chi connectivity index (χ1v) is 10.2. The molecule has 0 spiro atoms. The monoisotopic (exact) mass is 434 g/mol. The summed E-state index contributed by atoms with van der Waals surface area (Å²) < 4.78 is 1.85. The summed E-state index contributed by atoms with van der Waals surface area (Å²) in [5, 5.41) is 42.7. The third-order valence-electron chi connectivity index (χ3n) is 5.68. The van der Waals surface area contributed by atoms with Gasteiger partial charge in [-0.2, -0.15) is 15.1 Å². The van der Waals surface area contributed by atoms with E-state index in [0.717, 1.165) is 5.56 Å². The molecule has 3 atom stereocenters. The van der Waals surface area contributed by atoms with Crippen LogP contribution in [0.1, 0.15) is 28.7 Å². The van der Waals surface area contributed by atoms with Gasteiger partial charge in [0.05, 0.1) is 23.3 Å². The fourth-order valence-electron chi connectivity index (χ4n) is 4.27. The second-order valence-electron chi connectivity index (χ2n) is 7.68. The van der Waals surface area contributed by atoms with Crippen molar-refractivity contribution < 1.29 is 9.67 Å². The van der Waals surface area contributed by atoms with Gasteiger partial charge in [-0.1, -0.05) is 12.1 Å². The lowest BCUT2D eigenvalue weighted by Crippen LogP contribution is -2.63. The van der Waals surface area contributed by atoms with Crippen LogP contribution < -0.4 is 9.88 Å². The van der Waals surface area contributed by atoms with E-state index in [1.165, 1.54) is 6.20 Å². The molecule has 3 aromatic rings. The lowest BCUT2D eigenvalue weighted by Gasteiger charge is -2.42. The van der Waals surface area contributed by atoms with Gasteiger partial charge in [-0.3, -0.25) is 15.4 Å². The number of nitrogens with one attached hydrogen (secondary N) is 2. The maximum Gasteiger partial charge on any atom is 0.228 e. The predicted octanol–water partition coefficient (Wildman–Crippen LogP) is 2.32. The number of aryl methyl sites for hydroxylation is 1. The Bertz CT molecular complexity index is 1350. The summed E-state index contributed by atoms with van der Waals surface area (Å²) in [6.07, 6.45) is 10.1. The Morgan fingerprint density at radius 3 is 2.48 bits per heavy atom. The summed E-state index contributed by atoms with van der Waals surface area (Å²) in [7, 11) is 0. The van der Waals surface area contributed by atoms with Gasteiger partial charge in [-0.15, -0.1) is 0 Å². The number of hydrogen-bond donors (Lipinski definition) is 3. The Morgan fingerprint density at radius 2 is 1.91 bits per heavy atom. The highest BCUT2D eigenvalue weighted by molar-refractivity contribution is 5.71. The smallest absolute Gasteiger partial charge is 0.228 e. The Morgan fingerprint density at radius 1 is 1.15 bits per heavy atom. The maximum absolute atomic E-state index is 12.3. The normalized spacial score (nSPS) is 21.8. The van der Waals surface area contributed by atoms with E-state index in [0.29, 0.717) is 11.1 Å². The third-order valence-corrected chi connectivity index (χ3v) is 5.68. The lowest BCUT2D eigenvalue weighted by molar-refractivity contribution is -0.744. The first-order valence-electron chi connectivity index (χ1n) is 10.2. The molecule has 0 aliphatic carbocycles. The minimum absolute atomic E-state index is 0.0553. The van der Waals surface area contributed by atoms with E-state index >= 15 is 0 Å². The van der Waals surface area contributed by atoms with Crippen molar-refractivity contribution >= 4 is 5.87 Å². The van der Waals surface area contributed by atoms with Crippen LogP contribution >= 0.6 is 0 Å². The standard InChI is InChI=1S/C25H20N7O/c1-17-5-4-10-32(16-17)24-22(18-6-2-8-29-14-18)21(13-28)23(19(11-26)12-27)31-25(24,33)20-7-3-9-30-15-20/h2-10,14-16,22,24,26,31,33H,1H3/q+1/t22-,24+,25+/m0/s1. The number of nitriles is 2. The Kier molecular flexibility index (Phi) is 5.80. The van der Waals surface area contributed by atoms with E-state index in [9.17, 15) is 15.6 Å².